The predicted octanol–water partition coefficient (Wildman–Crippen LogP) is 5.08. The highest BCUT2D eigenvalue weighted by Gasteiger charge is 2.51. The largest absolute Gasteiger partial charge is 0.600 e. The van der Waals surface area contributed by atoms with Crippen LogP contribution in [0.25, 0.3) is 10.1 Å². The topological polar surface area (TPSA) is 0 Å². The highest BCUT2D eigenvalue weighted by atomic mass is 32.2. The Balaban J connectivity index is 2.32. The van der Waals surface area contributed by atoms with Crippen LogP contribution in [0.2, 0.25) is 0 Å². The summed E-state index contributed by atoms with van der Waals surface area (Å²) in [5.74, 6) is -0.550. The number of thiophene rings is 1. The fourth-order valence-corrected chi connectivity index (χ4v) is 4.23. The van der Waals surface area contributed by atoms with Gasteiger partial charge in [0.15, 0.2) is 9.58 Å². The van der Waals surface area contributed by atoms with Gasteiger partial charge in [0.05, 0.1) is 10.5 Å². The number of rotatable bonds is 1. The number of hydrogen-bond acceptors (Lipinski definition) is 0. The molecule has 0 nitrogen and oxygen atoms in total. The fraction of sp³-hybridized carbons (Fsp3) is 0.333. The van der Waals surface area contributed by atoms with Gasteiger partial charge in [0.1, 0.15) is 5.82 Å². The summed E-state index contributed by atoms with van der Waals surface area (Å²) in [6.07, 6.45) is 1.64. The van der Waals surface area contributed by atoms with Gasteiger partial charge in [-0.25, -0.2) is 4.39 Å². The van der Waals surface area contributed by atoms with Crippen molar-refractivity contribution in [3.63, 3.8) is 0 Å². The first-order valence-electron chi connectivity index (χ1n) is 5.29. The van der Waals surface area contributed by atoms with Crippen LogP contribution in [0.1, 0.15) is 23.6 Å². The molecule has 1 saturated carbocycles. The molecule has 1 aliphatic rings. The number of fused-ring (bicyclic) bond motifs is 1. The molecule has 90 valence electrons. The zero-order chi connectivity index (χ0) is 12.2. The first-order valence-corrected chi connectivity index (χ1v) is 6.51. The van der Waals surface area contributed by atoms with Crippen molar-refractivity contribution < 1.29 is 17.6 Å². The summed E-state index contributed by atoms with van der Waals surface area (Å²) in [6.45, 7) is 0. The monoisotopic (exact) mass is 261 g/mol. The van der Waals surface area contributed by atoms with Gasteiger partial charge < -0.3 is 0 Å². The maximum Gasteiger partial charge on any atom is 0.600 e. The Morgan fingerprint density at radius 3 is 2.41 bits per heavy atom. The Morgan fingerprint density at radius 1 is 1.12 bits per heavy atom. The van der Waals surface area contributed by atoms with E-state index in [1.807, 2.05) is 0 Å². The maximum atomic E-state index is 13.1. The molecule has 0 N–H and O–H groups in total. The Morgan fingerprint density at radius 2 is 1.82 bits per heavy atom. The van der Waals surface area contributed by atoms with Crippen molar-refractivity contribution in [1.82, 2.24) is 0 Å². The number of benzene rings is 1. The Hall–Kier alpha value is -1.10. The van der Waals surface area contributed by atoms with Crippen LogP contribution in [0.15, 0.2) is 24.3 Å². The molecule has 17 heavy (non-hydrogen) atoms. The quantitative estimate of drug-likeness (QED) is 0.496. The average Bonchev–Trinajstić information content (AvgIpc) is 2.97. The molecule has 0 bridgehead atoms. The summed E-state index contributed by atoms with van der Waals surface area (Å²) in [6, 6.07) is 5.27. The van der Waals surface area contributed by atoms with Crippen molar-refractivity contribution in [2.45, 2.75) is 24.3 Å². The third-order valence-electron chi connectivity index (χ3n) is 2.94. The molecule has 0 spiro atoms. The molecule has 1 aromatic carbocycles. The van der Waals surface area contributed by atoms with Crippen molar-refractivity contribution in [2.75, 3.05) is 0 Å². The molecule has 0 aliphatic heterocycles. The minimum atomic E-state index is -4.30. The molecule has 5 heteroatoms. The predicted molar refractivity (Wildman–Crippen MR) is 59.7 cm³/mol. The third kappa shape index (κ3) is 1.82. The van der Waals surface area contributed by atoms with Gasteiger partial charge in [-0.05, 0) is 25.0 Å². The maximum absolute atomic E-state index is 13.1. The SMILES string of the molecule is Fc1ccc2cc(C3CC3)[s+](C(F)(F)F)c2c1. The van der Waals surface area contributed by atoms with Crippen LogP contribution in [0.3, 0.4) is 0 Å². The molecular weight excluding hydrogens is 252 g/mol. The minimum Gasteiger partial charge on any atom is -0.207 e. The molecule has 1 unspecified atom stereocenters. The highest BCUT2D eigenvalue weighted by Crippen LogP contribution is 2.57. The average molecular weight is 261 g/mol. The van der Waals surface area contributed by atoms with Crippen LogP contribution in [0.4, 0.5) is 17.6 Å². The Kier molecular flexibility index (Phi) is 2.23. The number of hydrogen-bond donors (Lipinski definition) is 0. The van der Waals surface area contributed by atoms with Crippen LogP contribution >= 0.6 is 10.5 Å². The molecule has 1 atom stereocenters. The van der Waals surface area contributed by atoms with Gasteiger partial charge in [-0.15, -0.1) is 13.2 Å². The van der Waals surface area contributed by atoms with E-state index < -0.39 is 21.8 Å². The van der Waals surface area contributed by atoms with Gasteiger partial charge in [-0.1, -0.05) is 0 Å². The third-order valence-corrected chi connectivity index (χ3v) is 5.12. The summed E-state index contributed by atoms with van der Waals surface area (Å²) < 4.78 is 52.4. The van der Waals surface area contributed by atoms with Gasteiger partial charge in [0.2, 0.25) is 0 Å². The summed E-state index contributed by atoms with van der Waals surface area (Å²) in [7, 11) is -1.91. The smallest absolute Gasteiger partial charge is 0.207 e. The summed E-state index contributed by atoms with van der Waals surface area (Å²) in [5.41, 5.74) is -4.30. The zero-order valence-corrected chi connectivity index (χ0v) is 9.54. The molecule has 1 fully saturated rings. The molecule has 3 rings (SSSR count). The summed E-state index contributed by atoms with van der Waals surface area (Å²) in [5, 5.41) is 0.522. The van der Waals surface area contributed by atoms with E-state index in [-0.39, 0.29) is 10.6 Å². The first kappa shape index (κ1) is 11.0. The van der Waals surface area contributed by atoms with Crippen LogP contribution < -0.4 is 0 Å². The van der Waals surface area contributed by atoms with Gasteiger partial charge in [0, 0.05) is 23.4 Å². The van der Waals surface area contributed by atoms with Crippen molar-refractivity contribution in [1.29, 1.82) is 0 Å². The van der Waals surface area contributed by atoms with E-state index in [9.17, 15) is 17.6 Å². The lowest BCUT2D eigenvalue weighted by Crippen LogP contribution is -1.97. The summed E-state index contributed by atoms with van der Waals surface area (Å²) in [4.78, 5) is 0.443. The molecule has 1 aromatic heterocycles. The van der Waals surface area contributed by atoms with Gasteiger partial charge in [-0.3, -0.25) is 0 Å². The standard InChI is InChI=1S/C12H9F4S/c13-9-4-3-8-5-10(7-1-2-7)17(11(8)6-9)12(14,15)16/h3-7H,1-2H2/q+1. The lowest BCUT2D eigenvalue weighted by molar-refractivity contribution is -0.0867. The Labute approximate surface area is 97.8 Å². The highest BCUT2D eigenvalue weighted by molar-refractivity contribution is 7.38. The van der Waals surface area contributed by atoms with E-state index in [2.05, 4.69) is 0 Å². The van der Waals surface area contributed by atoms with Gasteiger partial charge in [0.25, 0.3) is 0 Å². The molecular formula is C12H9F4S+. The normalized spacial score (nSPS) is 17.8. The van der Waals surface area contributed by atoms with Crippen LogP contribution in [-0.4, -0.2) is 0 Å². The van der Waals surface area contributed by atoms with Crippen LogP contribution in [-0.2, 0) is 5.51 Å². The van der Waals surface area contributed by atoms with Crippen molar-refractivity contribution in [3.8, 4) is 0 Å². The zero-order valence-electron chi connectivity index (χ0n) is 8.72. The second-order valence-electron chi connectivity index (χ2n) is 4.26. The lowest BCUT2D eigenvalue weighted by atomic mass is 10.2. The van der Waals surface area contributed by atoms with Crippen molar-refractivity contribution >= 4 is 20.6 Å². The fourth-order valence-electron chi connectivity index (χ4n) is 2.05. The minimum absolute atomic E-state index is 0.0513. The summed E-state index contributed by atoms with van der Waals surface area (Å²) >= 11 is 0. The van der Waals surface area contributed by atoms with Crippen molar-refractivity contribution in [2.24, 2.45) is 0 Å². The van der Waals surface area contributed by atoms with E-state index >= 15 is 0 Å². The lowest BCUT2D eigenvalue weighted by Gasteiger charge is -1.98. The number of alkyl halides is 3. The second-order valence-corrected chi connectivity index (χ2v) is 6.24. The molecule has 1 aliphatic carbocycles. The van der Waals surface area contributed by atoms with E-state index in [0.717, 1.165) is 18.9 Å². The molecule has 0 radical (unpaired) electrons. The van der Waals surface area contributed by atoms with Gasteiger partial charge >= 0.3 is 5.51 Å². The van der Waals surface area contributed by atoms with E-state index in [1.54, 1.807) is 6.07 Å². The van der Waals surface area contributed by atoms with Crippen LogP contribution in [0, 0.1) is 5.82 Å². The van der Waals surface area contributed by atoms with E-state index in [0.29, 0.717) is 10.3 Å². The molecule has 2 aromatic rings. The van der Waals surface area contributed by atoms with E-state index in [1.165, 1.54) is 12.1 Å². The molecule has 0 amide bonds. The van der Waals surface area contributed by atoms with Gasteiger partial charge in [-0.2, -0.15) is 0 Å². The van der Waals surface area contributed by atoms with Crippen LogP contribution in [0.5, 0.6) is 0 Å². The Bertz CT molecular complexity index is 578. The second kappa shape index (κ2) is 3.45. The number of halogens is 4. The molecule has 0 saturated heterocycles. The first-order chi connectivity index (χ1) is 7.97. The molecule has 1 heterocycles. The van der Waals surface area contributed by atoms with E-state index in [4.69, 9.17) is 0 Å². The van der Waals surface area contributed by atoms with Crippen molar-refractivity contribution in [3.05, 3.63) is 35.0 Å².